The number of halogens is 1. The van der Waals surface area contributed by atoms with Crippen LogP contribution in [0.3, 0.4) is 0 Å². The first kappa shape index (κ1) is 10.4. The highest BCUT2D eigenvalue weighted by Crippen LogP contribution is 2.12. The molecule has 3 nitrogen and oxygen atoms in total. The molecule has 0 aromatic heterocycles. The van der Waals surface area contributed by atoms with Crippen molar-refractivity contribution in [2.24, 2.45) is 5.41 Å². The zero-order valence-electron chi connectivity index (χ0n) is 6.56. The molecule has 0 amide bonds. The van der Waals surface area contributed by atoms with E-state index in [1.165, 1.54) is 0 Å². The van der Waals surface area contributed by atoms with Crippen molar-refractivity contribution in [1.82, 2.24) is 0 Å². The molecule has 0 unspecified atom stereocenters. The molecule has 0 atom stereocenters. The van der Waals surface area contributed by atoms with E-state index in [4.69, 9.17) is 10.00 Å². The van der Waals surface area contributed by atoms with Gasteiger partial charge in [0.2, 0.25) is 0 Å². The number of hydrogen-bond acceptors (Lipinski definition) is 3. The zero-order chi connectivity index (χ0) is 8.91. The van der Waals surface area contributed by atoms with E-state index >= 15 is 0 Å². The van der Waals surface area contributed by atoms with E-state index in [0.29, 0.717) is 0 Å². The normalized spacial score (nSPS) is 10.4. The molecule has 0 radical (unpaired) electrons. The standard InChI is InChI=1S/C7H10BrNO2/c1-7(2,4-9)5-11-6(10)3-8/h3,5H2,1-2H3. The average Bonchev–Trinajstić information content (AvgIpc) is 2.00. The van der Waals surface area contributed by atoms with Gasteiger partial charge in [0.15, 0.2) is 0 Å². The fourth-order valence-electron chi connectivity index (χ4n) is 0.332. The molecule has 0 fully saturated rings. The van der Waals surface area contributed by atoms with Crippen molar-refractivity contribution < 1.29 is 9.53 Å². The molecular formula is C7H10BrNO2. The number of carbonyl (C=O) groups is 1. The van der Waals surface area contributed by atoms with Gasteiger partial charge in [-0.2, -0.15) is 5.26 Å². The number of ether oxygens (including phenoxy) is 1. The third-order valence-electron chi connectivity index (χ3n) is 1.01. The topological polar surface area (TPSA) is 50.1 Å². The Balaban J connectivity index is 3.72. The van der Waals surface area contributed by atoms with Gasteiger partial charge in [0.1, 0.15) is 11.9 Å². The fourth-order valence-corrected chi connectivity index (χ4v) is 0.494. The van der Waals surface area contributed by atoms with Gasteiger partial charge >= 0.3 is 5.97 Å². The van der Waals surface area contributed by atoms with Crippen LogP contribution in [0.25, 0.3) is 0 Å². The highest BCUT2D eigenvalue weighted by molar-refractivity contribution is 9.09. The lowest BCUT2D eigenvalue weighted by Gasteiger charge is -2.13. The summed E-state index contributed by atoms with van der Waals surface area (Å²) in [6.45, 7) is 3.58. The summed E-state index contributed by atoms with van der Waals surface area (Å²) in [5, 5.41) is 8.70. The molecule has 0 aromatic rings. The van der Waals surface area contributed by atoms with E-state index in [9.17, 15) is 4.79 Å². The Bertz CT molecular complexity index is 183. The molecule has 0 aliphatic rings. The molecule has 11 heavy (non-hydrogen) atoms. The van der Waals surface area contributed by atoms with Gasteiger partial charge in [0.05, 0.1) is 11.5 Å². The summed E-state index contributed by atoms with van der Waals surface area (Å²) in [4.78, 5) is 10.6. The Morgan fingerprint density at radius 1 is 1.73 bits per heavy atom. The van der Waals surface area contributed by atoms with Crippen LogP contribution in [0.4, 0.5) is 0 Å². The summed E-state index contributed by atoms with van der Waals surface area (Å²) < 4.78 is 4.74. The molecule has 4 heteroatoms. The minimum absolute atomic E-state index is 0.147. The molecule has 0 heterocycles. The van der Waals surface area contributed by atoms with Gasteiger partial charge in [-0.3, -0.25) is 4.79 Å². The summed E-state index contributed by atoms with van der Waals surface area (Å²) in [7, 11) is 0. The maximum atomic E-state index is 10.6. The van der Waals surface area contributed by atoms with Crippen molar-refractivity contribution >= 4 is 21.9 Å². The maximum absolute atomic E-state index is 10.6. The predicted octanol–water partition coefficient (Wildman–Crippen LogP) is 1.47. The van der Waals surface area contributed by atoms with Gasteiger partial charge < -0.3 is 4.74 Å². The van der Waals surface area contributed by atoms with Gasteiger partial charge in [-0.1, -0.05) is 15.9 Å². The third kappa shape index (κ3) is 4.79. The van der Waals surface area contributed by atoms with Gasteiger partial charge in [-0.05, 0) is 13.8 Å². The van der Waals surface area contributed by atoms with E-state index in [2.05, 4.69) is 15.9 Å². The highest BCUT2D eigenvalue weighted by Gasteiger charge is 2.18. The van der Waals surface area contributed by atoms with Crippen LogP contribution in [-0.2, 0) is 9.53 Å². The zero-order valence-corrected chi connectivity index (χ0v) is 8.14. The molecular weight excluding hydrogens is 210 g/mol. The summed E-state index contributed by atoms with van der Waals surface area (Å²) in [6, 6.07) is 2.03. The Morgan fingerprint density at radius 2 is 2.27 bits per heavy atom. The molecule has 0 saturated carbocycles. The summed E-state index contributed by atoms with van der Waals surface area (Å²) >= 11 is 2.95. The minimum atomic E-state index is -0.585. The molecule has 0 spiro atoms. The molecule has 0 aliphatic heterocycles. The number of nitriles is 1. The lowest BCUT2D eigenvalue weighted by atomic mass is 9.98. The first-order valence-electron chi connectivity index (χ1n) is 3.14. The lowest BCUT2D eigenvalue weighted by molar-refractivity contribution is -0.142. The van der Waals surface area contributed by atoms with Crippen molar-refractivity contribution in [2.75, 3.05) is 11.9 Å². The van der Waals surface area contributed by atoms with Crippen LogP contribution in [0.5, 0.6) is 0 Å². The predicted molar refractivity (Wildman–Crippen MR) is 44.1 cm³/mol. The van der Waals surface area contributed by atoms with Gasteiger partial charge in [0.25, 0.3) is 0 Å². The average molecular weight is 220 g/mol. The van der Waals surface area contributed by atoms with E-state index in [1.54, 1.807) is 13.8 Å². The van der Waals surface area contributed by atoms with Crippen LogP contribution in [0.1, 0.15) is 13.8 Å². The second-order valence-corrected chi connectivity index (χ2v) is 3.35. The monoisotopic (exact) mass is 219 g/mol. The van der Waals surface area contributed by atoms with Crippen LogP contribution < -0.4 is 0 Å². The molecule has 0 saturated heterocycles. The number of esters is 1. The van der Waals surface area contributed by atoms with Crippen molar-refractivity contribution in [2.45, 2.75) is 13.8 Å². The second-order valence-electron chi connectivity index (χ2n) is 2.79. The molecule has 0 bridgehead atoms. The Kier molecular flexibility index (Phi) is 4.12. The SMILES string of the molecule is CC(C)(C#N)COC(=O)CBr. The van der Waals surface area contributed by atoms with Crippen molar-refractivity contribution in [3.05, 3.63) is 0 Å². The molecule has 0 N–H and O–H groups in total. The molecule has 0 aliphatic carbocycles. The smallest absolute Gasteiger partial charge is 0.316 e. The number of rotatable bonds is 3. The number of nitrogens with zero attached hydrogens (tertiary/aromatic N) is 1. The Labute approximate surface area is 74.5 Å². The van der Waals surface area contributed by atoms with E-state index in [-0.39, 0.29) is 17.9 Å². The number of carbonyl (C=O) groups excluding carboxylic acids is 1. The largest absolute Gasteiger partial charge is 0.463 e. The second kappa shape index (κ2) is 4.35. The van der Waals surface area contributed by atoms with Crippen LogP contribution in [0, 0.1) is 16.7 Å². The van der Waals surface area contributed by atoms with Crippen LogP contribution in [0.15, 0.2) is 0 Å². The van der Waals surface area contributed by atoms with Crippen LogP contribution in [-0.4, -0.2) is 17.9 Å². The van der Waals surface area contributed by atoms with Gasteiger partial charge in [-0.15, -0.1) is 0 Å². The molecule has 0 aromatic carbocycles. The van der Waals surface area contributed by atoms with E-state index < -0.39 is 5.41 Å². The quantitative estimate of drug-likeness (QED) is 0.534. The summed E-state index contributed by atoms with van der Waals surface area (Å²) in [5.41, 5.74) is -0.585. The van der Waals surface area contributed by atoms with Gasteiger partial charge in [0, 0.05) is 0 Å². The Hall–Kier alpha value is -0.560. The van der Waals surface area contributed by atoms with Crippen LogP contribution >= 0.6 is 15.9 Å². The maximum Gasteiger partial charge on any atom is 0.316 e. The third-order valence-corrected chi connectivity index (χ3v) is 1.46. The fraction of sp³-hybridized carbons (Fsp3) is 0.714. The van der Waals surface area contributed by atoms with Crippen molar-refractivity contribution in [3.63, 3.8) is 0 Å². The Morgan fingerprint density at radius 3 is 2.64 bits per heavy atom. The first-order chi connectivity index (χ1) is 5.02. The molecule has 62 valence electrons. The summed E-state index contributed by atoms with van der Waals surface area (Å²) in [5.74, 6) is -0.340. The van der Waals surface area contributed by atoms with Crippen molar-refractivity contribution in [3.8, 4) is 6.07 Å². The number of alkyl halides is 1. The van der Waals surface area contributed by atoms with Gasteiger partial charge in [-0.25, -0.2) is 0 Å². The summed E-state index contributed by atoms with van der Waals surface area (Å²) in [6.07, 6.45) is 0. The number of hydrogen-bond donors (Lipinski definition) is 0. The van der Waals surface area contributed by atoms with E-state index in [1.807, 2.05) is 6.07 Å². The first-order valence-corrected chi connectivity index (χ1v) is 4.27. The van der Waals surface area contributed by atoms with E-state index in [0.717, 1.165) is 0 Å². The van der Waals surface area contributed by atoms with Crippen LogP contribution in [0.2, 0.25) is 0 Å². The minimum Gasteiger partial charge on any atom is -0.463 e. The lowest BCUT2D eigenvalue weighted by Crippen LogP contribution is -2.20. The van der Waals surface area contributed by atoms with Crippen molar-refractivity contribution in [1.29, 1.82) is 5.26 Å². The molecule has 0 rings (SSSR count). The highest BCUT2D eigenvalue weighted by atomic mass is 79.9.